The van der Waals surface area contributed by atoms with Crippen molar-refractivity contribution in [2.75, 3.05) is 0 Å². The van der Waals surface area contributed by atoms with Crippen LogP contribution >= 0.6 is 0 Å². The Labute approximate surface area is 206 Å². The summed E-state index contributed by atoms with van der Waals surface area (Å²) in [6, 6.07) is 9.66. The molecule has 0 saturated carbocycles. The van der Waals surface area contributed by atoms with Gasteiger partial charge in [0, 0.05) is 38.2 Å². The van der Waals surface area contributed by atoms with Crippen LogP contribution in [0.2, 0.25) is 0 Å². The number of hydrogen-bond donors (Lipinski definition) is 2. The Morgan fingerprint density at radius 3 is 1.62 bits per heavy atom. The Morgan fingerprint density at radius 1 is 0.765 bits per heavy atom. The molecule has 0 spiro atoms. The molecule has 11 heteroatoms. The van der Waals surface area contributed by atoms with Crippen LogP contribution in [-0.2, 0) is 32.5 Å². The summed E-state index contributed by atoms with van der Waals surface area (Å²) in [5.74, 6) is 0. The Bertz CT molecular complexity index is 939. The summed E-state index contributed by atoms with van der Waals surface area (Å²) in [5.41, 5.74) is -0.595. The van der Waals surface area contributed by atoms with Crippen LogP contribution in [0.3, 0.4) is 0 Å². The van der Waals surface area contributed by atoms with E-state index in [-0.39, 0.29) is 49.3 Å². The van der Waals surface area contributed by atoms with Gasteiger partial charge in [0.2, 0.25) is 0 Å². The van der Waals surface area contributed by atoms with E-state index < -0.39 is 23.5 Å². The van der Waals surface area contributed by atoms with Crippen LogP contribution in [0.1, 0.15) is 31.4 Å². The number of aromatic nitrogens is 2. The number of alkyl halides is 6. The molecule has 2 aromatic carbocycles. The molecule has 0 aliphatic heterocycles. The average molecular weight is 664 g/mol. The van der Waals surface area contributed by atoms with E-state index in [0.717, 1.165) is 24.3 Å². The summed E-state index contributed by atoms with van der Waals surface area (Å²) in [5, 5.41) is 17.1. The maximum Gasteiger partial charge on any atom is 0.416 e. The molecule has 34 heavy (non-hydrogen) atoms. The molecule has 2 atom stereocenters. The van der Waals surface area contributed by atoms with E-state index in [0.29, 0.717) is 12.0 Å². The van der Waals surface area contributed by atoms with E-state index >= 15 is 0 Å². The first-order valence-corrected chi connectivity index (χ1v) is 9.73. The minimum atomic E-state index is -4.49. The van der Waals surface area contributed by atoms with Gasteiger partial charge in [-0.2, -0.15) is 26.3 Å². The summed E-state index contributed by atoms with van der Waals surface area (Å²) in [7, 11) is 0. The molecule has 3 aromatic rings. The SMILES string of the molecule is CC(O)CC(C)O.FC(F)(F)c1c[c-]c(-c2nccnc2-c2ccc(C(F)(F)F)cc2)cc1.[Ir]. The van der Waals surface area contributed by atoms with Crippen molar-refractivity contribution in [3.8, 4) is 22.5 Å². The molecular weight excluding hydrogens is 642 g/mol. The number of benzene rings is 2. The third-order valence-electron chi connectivity index (χ3n) is 4.26. The van der Waals surface area contributed by atoms with Crippen LogP contribution in [0.5, 0.6) is 0 Å². The molecule has 0 amide bonds. The van der Waals surface area contributed by atoms with Crippen molar-refractivity contribution in [1.82, 2.24) is 9.97 Å². The van der Waals surface area contributed by atoms with Gasteiger partial charge >= 0.3 is 12.4 Å². The molecule has 1 heterocycles. The van der Waals surface area contributed by atoms with E-state index in [4.69, 9.17) is 10.2 Å². The molecule has 0 aliphatic carbocycles. The Morgan fingerprint density at radius 2 is 1.24 bits per heavy atom. The monoisotopic (exact) mass is 664 g/mol. The number of nitrogens with zero attached hydrogens (tertiary/aromatic N) is 2. The van der Waals surface area contributed by atoms with Crippen molar-refractivity contribution in [1.29, 1.82) is 0 Å². The summed E-state index contributed by atoms with van der Waals surface area (Å²) >= 11 is 0. The van der Waals surface area contributed by atoms with Gasteiger partial charge in [0.1, 0.15) is 0 Å². The van der Waals surface area contributed by atoms with Crippen LogP contribution < -0.4 is 0 Å². The second-order valence-corrected chi connectivity index (χ2v) is 7.25. The number of halogens is 6. The van der Waals surface area contributed by atoms with Crippen molar-refractivity contribution in [2.24, 2.45) is 0 Å². The Balaban J connectivity index is 0.000000633. The molecule has 2 unspecified atom stereocenters. The van der Waals surface area contributed by atoms with Gasteiger partial charge in [-0.05, 0) is 43.5 Å². The minimum Gasteiger partial charge on any atom is -0.393 e. The van der Waals surface area contributed by atoms with Gasteiger partial charge in [-0.3, -0.25) is 4.98 Å². The fraction of sp³-hybridized carbons (Fsp3) is 0.304. The maximum absolute atomic E-state index is 12.7. The molecule has 0 bridgehead atoms. The largest absolute Gasteiger partial charge is 0.416 e. The van der Waals surface area contributed by atoms with E-state index in [1.165, 1.54) is 30.6 Å². The van der Waals surface area contributed by atoms with Crippen LogP contribution in [0.15, 0.2) is 54.9 Å². The predicted molar refractivity (Wildman–Crippen MR) is 110 cm³/mol. The molecular formula is C23H21F6IrN2O2-. The molecule has 0 aliphatic rings. The van der Waals surface area contributed by atoms with Crippen molar-refractivity contribution < 1.29 is 56.7 Å². The standard InChI is InChI=1S/C18H9F6N2.C5H12O2.Ir/c19-17(20,21)13-5-1-11(2-6-13)15-16(26-10-9-25-15)12-3-7-14(8-4-12)18(22,23)24;1-4(6)3-5(2)7;/h1-3,5-10H;4-7H,3H2,1-2H3;/q-1;;. The fourth-order valence-electron chi connectivity index (χ4n) is 2.81. The van der Waals surface area contributed by atoms with E-state index in [9.17, 15) is 26.3 Å². The van der Waals surface area contributed by atoms with Gasteiger partial charge in [-0.15, -0.1) is 29.8 Å². The third kappa shape index (κ3) is 8.79. The first kappa shape index (κ1) is 29.7. The number of hydrogen-bond acceptors (Lipinski definition) is 4. The van der Waals surface area contributed by atoms with Gasteiger partial charge in [0.15, 0.2) is 0 Å². The zero-order chi connectivity index (χ0) is 24.8. The molecule has 1 aromatic heterocycles. The van der Waals surface area contributed by atoms with Crippen molar-refractivity contribution >= 4 is 0 Å². The van der Waals surface area contributed by atoms with E-state index in [1.807, 2.05) is 0 Å². The summed E-state index contributed by atoms with van der Waals surface area (Å²) in [6.45, 7) is 3.32. The quantitative estimate of drug-likeness (QED) is 0.275. The second-order valence-electron chi connectivity index (χ2n) is 7.25. The normalized spacial score (nSPS) is 13.2. The molecule has 2 N–H and O–H groups in total. The van der Waals surface area contributed by atoms with Crippen LogP contribution in [0.25, 0.3) is 22.5 Å². The van der Waals surface area contributed by atoms with E-state index in [1.54, 1.807) is 13.8 Å². The van der Waals surface area contributed by atoms with Gasteiger partial charge < -0.3 is 15.2 Å². The molecule has 187 valence electrons. The Kier molecular flexibility index (Phi) is 10.8. The fourth-order valence-corrected chi connectivity index (χ4v) is 2.81. The molecule has 4 nitrogen and oxygen atoms in total. The topological polar surface area (TPSA) is 66.2 Å². The zero-order valence-electron chi connectivity index (χ0n) is 17.9. The summed E-state index contributed by atoms with van der Waals surface area (Å²) in [6.07, 6.45) is -6.55. The van der Waals surface area contributed by atoms with Crippen molar-refractivity contribution in [3.05, 3.63) is 72.1 Å². The maximum atomic E-state index is 12.7. The van der Waals surface area contributed by atoms with E-state index in [2.05, 4.69) is 16.0 Å². The third-order valence-corrected chi connectivity index (χ3v) is 4.26. The van der Waals surface area contributed by atoms with Gasteiger partial charge in [0.25, 0.3) is 0 Å². The van der Waals surface area contributed by atoms with Gasteiger partial charge in [-0.25, -0.2) is 0 Å². The predicted octanol–water partition coefficient (Wildman–Crippen LogP) is 5.78. The molecule has 1 radical (unpaired) electrons. The first-order chi connectivity index (χ1) is 15.3. The molecule has 3 rings (SSSR count). The van der Waals surface area contributed by atoms with Crippen LogP contribution in [0, 0.1) is 6.07 Å². The number of aliphatic hydroxyl groups is 2. The first-order valence-electron chi connectivity index (χ1n) is 9.73. The molecule has 0 fully saturated rings. The van der Waals surface area contributed by atoms with Crippen molar-refractivity contribution in [3.63, 3.8) is 0 Å². The van der Waals surface area contributed by atoms with Crippen LogP contribution in [0.4, 0.5) is 26.3 Å². The second kappa shape index (κ2) is 12.4. The smallest absolute Gasteiger partial charge is 0.393 e. The average Bonchev–Trinajstić information content (AvgIpc) is 2.72. The Hall–Kier alpha value is -2.33. The minimum absolute atomic E-state index is 0. The number of rotatable bonds is 4. The van der Waals surface area contributed by atoms with Gasteiger partial charge in [0.05, 0.1) is 23.5 Å². The van der Waals surface area contributed by atoms with Crippen molar-refractivity contribution in [2.45, 2.75) is 44.8 Å². The van der Waals surface area contributed by atoms with Crippen LogP contribution in [-0.4, -0.2) is 32.4 Å². The number of aliphatic hydroxyl groups excluding tert-OH is 2. The molecule has 0 saturated heterocycles. The summed E-state index contributed by atoms with van der Waals surface area (Å²) in [4.78, 5) is 8.19. The van der Waals surface area contributed by atoms with Gasteiger partial charge in [-0.1, -0.05) is 12.1 Å². The summed E-state index contributed by atoms with van der Waals surface area (Å²) < 4.78 is 76.0. The zero-order valence-corrected chi connectivity index (χ0v) is 20.3.